The number of rotatable bonds is 7. The molecule has 2 aliphatic rings. The number of hydrogen-bond acceptors (Lipinski definition) is 5. The maximum Gasteiger partial charge on any atom is 0.420 e. The van der Waals surface area contributed by atoms with Crippen molar-refractivity contribution in [1.29, 1.82) is 0 Å². The normalized spacial score (nSPS) is 18.5. The third-order valence-corrected chi connectivity index (χ3v) is 7.51. The number of carbonyl (C=O) groups is 1. The van der Waals surface area contributed by atoms with Crippen LogP contribution in [0.15, 0.2) is 72.5 Å². The summed E-state index contributed by atoms with van der Waals surface area (Å²) in [5.74, 6) is 5.29. The van der Waals surface area contributed by atoms with Crippen LogP contribution in [-0.4, -0.2) is 49.6 Å². The topological polar surface area (TPSA) is 79.6 Å². The Morgan fingerprint density at radius 3 is 2.60 bits per heavy atom. The maximum atomic E-state index is 13.9. The summed E-state index contributed by atoms with van der Waals surface area (Å²) in [6.07, 6.45) is 3.63. The van der Waals surface area contributed by atoms with Gasteiger partial charge in [-0.25, -0.2) is 0 Å². The fraction of sp³-hybridized carbons (Fsp3) is 0.364. The van der Waals surface area contributed by atoms with Gasteiger partial charge in [0.25, 0.3) is 5.91 Å². The molecule has 1 atom stereocenters. The summed E-state index contributed by atoms with van der Waals surface area (Å²) < 4.78 is 47.5. The van der Waals surface area contributed by atoms with E-state index >= 15 is 0 Å². The van der Waals surface area contributed by atoms with Crippen LogP contribution in [0.1, 0.15) is 52.7 Å². The first-order valence-electron chi connectivity index (χ1n) is 14.1. The summed E-state index contributed by atoms with van der Waals surface area (Å²) in [6, 6.07) is 8.82. The average Bonchev–Trinajstić information content (AvgIpc) is 3.50. The van der Waals surface area contributed by atoms with Crippen LogP contribution < -0.4 is 21.1 Å². The maximum absolute atomic E-state index is 13.9. The number of hydrogen-bond donors (Lipinski definition) is 3. The zero-order valence-electron chi connectivity index (χ0n) is 24.0. The van der Waals surface area contributed by atoms with E-state index in [1.54, 1.807) is 24.3 Å². The van der Waals surface area contributed by atoms with Gasteiger partial charge in [0.05, 0.1) is 5.56 Å². The number of benzene rings is 2. The zero-order chi connectivity index (χ0) is 30.3. The summed E-state index contributed by atoms with van der Waals surface area (Å²) in [7, 11) is 1.97. The number of nitrogens with zero attached hydrogens (tertiary/aromatic N) is 1. The van der Waals surface area contributed by atoms with Crippen molar-refractivity contribution in [3.63, 3.8) is 0 Å². The molecule has 2 saturated heterocycles. The summed E-state index contributed by atoms with van der Waals surface area (Å²) in [6.45, 7) is 8.47. The van der Waals surface area contributed by atoms with Gasteiger partial charge in [-0.1, -0.05) is 30.6 Å². The van der Waals surface area contributed by atoms with E-state index in [0.717, 1.165) is 49.7 Å². The van der Waals surface area contributed by atoms with Crippen molar-refractivity contribution in [2.75, 3.05) is 32.0 Å². The summed E-state index contributed by atoms with van der Waals surface area (Å²) in [5, 5.41) is 5.97. The molecule has 9 heteroatoms. The van der Waals surface area contributed by atoms with Crippen molar-refractivity contribution < 1.29 is 22.7 Å². The highest BCUT2D eigenvalue weighted by molar-refractivity contribution is 6.04. The van der Waals surface area contributed by atoms with Crippen LogP contribution in [0.5, 0.6) is 5.75 Å². The number of piperidine rings is 1. The van der Waals surface area contributed by atoms with Crippen LogP contribution in [0.4, 0.5) is 18.9 Å². The molecule has 2 aliphatic heterocycles. The van der Waals surface area contributed by atoms with Gasteiger partial charge in [-0.15, -0.1) is 0 Å². The van der Waals surface area contributed by atoms with Gasteiger partial charge < -0.3 is 26.0 Å². The van der Waals surface area contributed by atoms with E-state index in [0.29, 0.717) is 24.0 Å². The third-order valence-electron chi connectivity index (χ3n) is 7.51. The molecule has 4 rings (SSSR count). The quantitative estimate of drug-likeness (QED) is 0.286. The lowest BCUT2D eigenvalue weighted by Crippen LogP contribution is -2.36. The molecule has 1 unspecified atom stereocenters. The Bertz CT molecular complexity index is 1420. The summed E-state index contributed by atoms with van der Waals surface area (Å²) in [4.78, 5) is 15.1. The van der Waals surface area contributed by atoms with Crippen LogP contribution >= 0.6 is 0 Å². The molecule has 6 nitrogen and oxygen atoms in total. The van der Waals surface area contributed by atoms with Gasteiger partial charge in [0, 0.05) is 47.7 Å². The smallest absolute Gasteiger partial charge is 0.420 e. The summed E-state index contributed by atoms with van der Waals surface area (Å²) >= 11 is 0. The van der Waals surface area contributed by atoms with Crippen LogP contribution in [0.3, 0.4) is 0 Å². The van der Waals surface area contributed by atoms with E-state index in [4.69, 9.17) is 10.5 Å². The zero-order valence-corrected chi connectivity index (χ0v) is 24.0. The highest BCUT2D eigenvalue weighted by Crippen LogP contribution is 2.39. The lowest BCUT2D eigenvalue weighted by molar-refractivity contribution is -0.139. The van der Waals surface area contributed by atoms with E-state index in [1.807, 2.05) is 20.0 Å². The molecule has 222 valence electrons. The number of aryl methyl sites for hydroxylation is 1. The fourth-order valence-corrected chi connectivity index (χ4v) is 4.91. The Hall–Kier alpha value is -4.00. The lowest BCUT2D eigenvalue weighted by Gasteiger charge is -2.30. The predicted octanol–water partition coefficient (Wildman–Crippen LogP) is 5.80. The van der Waals surface area contributed by atoms with Crippen LogP contribution in [0, 0.1) is 18.8 Å². The molecular weight excluding hydrogens is 541 g/mol. The molecule has 0 spiro atoms. The number of likely N-dealkylation sites (tertiary alicyclic amines) is 1. The molecule has 2 heterocycles. The number of ether oxygens (including phenoxy) is 1. The number of anilines is 1. The average molecular weight is 579 g/mol. The second-order valence-electron chi connectivity index (χ2n) is 10.7. The lowest BCUT2D eigenvalue weighted by atomic mass is 10.0. The van der Waals surface area contributed by atoms with Gasteiger partial charge in [-0.3, -0.25) is 4.79 Å². The highest BCUT2D eigenvalue weighted by Gasteiger charge is 2.36. The predicted molar refractivity (Wildman–Crippen MR) is 160 cm³/mol. The van der Waals surface area contributed by atoms with E-state index < -0.39 is 17.6 Å². The van der Waals surface area contributed by atoms with Crippen molar-refractivity contribution in [2.24, 2.45) is 5.73 Å². The largest absolute Gasteiger partial charge is 0.490 e. The van der Waals surface area contributed by atoms with Gasteiger partial charge in [0.1, 0.15) is 11.9 Å². The summed E-state index contributed by atoms with van der Waals surface area (Å²) in [5.41, 5.74) is 8.12. The molecule has 42 heavy (non-hydrogen) atoms. The van der Waals surface area contributed by atoms with Crippen molar-refractivity contribution in [1.82, 2.24) is 10.2 Å². The fourth-order valence-electron chi connectivity index (χ4n) is 4.91. The van der Waals surface area contributed by atoms with E-state index in [9.17, 15) is 18.0 Å². The Morgan fingerprint density at radius 2 is 1.93 bits per heavy atom. The molecular formula is C33H37F3N4O2. The number of nitrogens with two attached hydrogens (primary N) is 1. The van der Waals surface area contributed by atoms with Crippen molar-refractivity contribution in [2.45, 2.75) is 50.9 Å². The first kappa shape index (κ1) is 30.9. The van der Waals surface area contributed by atoms with Gasteiger partial charge in [-0.05, 0) is 93.7 Å². The van der Waals surface area contributed by atoms with Crippen molar-refractivity contribution in [3.8, 4) is 17.6 Å². The van der Waals surface area contributed by atoms with Gasteiger partial charge in [0.2, 0.25) is 0 Å². The monoisotopic (exact) mass is 578 g/mol. The van der Waals surface area contributed by atoms with Crippen LogP contribution in [0.2, 0.25) is 0 Å². The number of halogens is 3. The van der Waals surface area contributed by atoms with E-state index in [-0.39, 0.29) is 29.1 Å². The second kappa shape index (κ2) is 13.8. The molecule has 2 aromatic rings. The molecule has 1 amide bonds. The molecule has 0 saturated carbocycles. The molecule has 0 aromatic heterocycles. The number of allylic oxidation sites excluding steroid dienone is 2. The van der Waals surface area contributed by atoms with Crippen LogP contribution in [0.25, 0.3) is 0 Å². The first-order chi connectivity index (χ1) is 20.0. The highest BCUT2D eigenvalue weighted by atomic mass is 19.4. The van der Waals surface area contributed by atoms with Crippen molar-refractivity contribution >= 4 is 11.6 Å². The van der Waals surface area contributed by atoms with Gasteiger partial charge in [0.15, 0.2) is 0 Å². The number of nitrogens with one attached hydrogen (secondary N) is 2. The SMILES string of the molecule is C=C(/C=C\C(C#Cc1cc(C(=O)Nc2ccc(OC3CCN(C)CC3)c(C(F)(F)F)c2)ccc1C)=C/N)C1CCCN1. The Labute approximate surface area is 245 Å². The molecule has 4 N–H and O–H groups in total. The second-order valence-corrected chi connectivity index (χ2v) is 10.7. The Kier molecular flexibility index (Phi) is 10.2. The standard InChI is InChI=1S/C33H37F3N4O2/c1-22-7-10-26(19-25(22)11-9-24(21-37)8-6-23(2)30-5-4-16-38-30)32(41)39-27-12-13-31(29(20-27)33(34,35)36)42-28-14-17-40(3)18-15-28/h6-8,10,12-13,19-21,28,30,38H,2,4-5,14-18,37H2,1,3H3,(H,39,41)/b8-6-,24-21+. The Morgan fingerprint density at radius 1 is 1.17 bits per heavy atom. The van der Waals surface area contributed by atoms with Crippen LogP contribution in [-0.2, 0) is 6.18 Å². The Balaban J connectivity index is 1.47. The number of amides is 1. The van der Waals surface area contributed by atoms with Gasteiger partial charge >= 0.3 is 6.18 Å². The van der Waals surface area contributed by atoms with Gasteiger partial charge in [-0.2, -0.15) is 13.2 Å². The minimum absolute atomic E-state index is 0.0201. The molecule has 2 fully saturated rings. The number of alkyl halides is 3. The molecule has 2 aromatic carbocycles. The molecule has 0 radical (unpaired) electrons. The van der Waals surface area contributed by atoms with E-state index in [1.165, 1.54) is 18.3 Å². The third kappa shape index (κ3) is 8.28. The molecule has 0 aliphatic carbocycles. The minimum Gasteiger partial charge on any atom is -0.490 e. The van der Waals surface area contributed by atoms with E-state index in [2.05, 4.69) is 34.0 Å². The molecule has 0 bridgehead atoms. The number of carbonyl (C=O) groups excluding carboxylic acids is 1. The first-order valence-corrected chi connectivity index (χ1v) is 14.1. The van der Waals surface area contributed by atoms with Crippen molar-refractivity contribution in [3.05, 3.63) is 94.7 Å². The minimum atomic E-state index is -4.64.